The predicted octanol–water partition coefficient (Wildman–Crippen LogP) is 3.86. The normalized spacial score (nSPS) is 22.2. The van der Waals surface area contributed by atoms with Crippen LogP contribution in [0.5, 0.6) is 0 Å². The Hall–Kier alpha value is -1.84. The van der Waals surface area contributed by atoms with Gasteiger partial charge in [-0.2, -0.15) is 0 Å². The highest BCUT2D eigenvalue weighted by atomic mass is 15.2. The lowest BCUT2D eigenvalue weighted by atomic mass is 9.84. The summed E-state index contributed by atoms with van der Waals surface area (Å²) in [5, 5.41) is 12.0. The van der Waals surface area contributed by atoms with Crippen molar-refractivity contribution in [2.75, 3.05) is 5.32 Å². The van der Waals surface area contributed by atoms with Crippen molar-refractivity contribution in [1.82, 2.24) is 14.8 Å². The van der Waals surface area contributed by atoms with Crippen molar-refractivity contribution in [3.8, 4) is 11.4 Å². The van der Waals surface area contributed by atoms with Crippen LogP contribution in [0.4, 0.5) is 5.69 Å². The molecule has 3 rings (SSSR count). The van der Waals surface area contributed by atoms with E-state index in [0.717, 1.165) is 17.3 Å². The topological polar surface area (TPSA) is 42.7 Å². The first-order valence-corrected chi connectivity index (χ1v) is 7.98. The van der Waals surface area contributed by atoms with Crippen LogP contribution in [0.15, 0.2) is 30.6 Å². The van der Waals surface area contributed by atoms with Gasteiger partial charge in [-0.25, -0.2) is 0 Å². The van der Waals surface area contributed by atoms with Gasteiger partial charge in [0.1, 0.15) is 6.33 Å². The largest absolute Gasteiger partial charge is 0.382 e. The first-order valence-electron chi connectivity index (χ1n) is 7.98. The van der Waals surface area contributed by atoms with Crippen molar-refractivity contribution in [1.29, 1.82) is 0 Å². The van der Waals surface area contributed by atoms with Crippen LogP contribution in [0.25, 0.3) is 11.4 Å². The third-order valence-electron chi connectivity index (χ3n) is 4.66. The number of hydrogen-bond acceptors (Lipinski definition) is 3. The van der Waals surface area contributed by atoms with E-state index in [1.165, 1.54) is 37.8 Å². The summed E-state index contributed by atoms with van der Waals surface area (Å²) in [7, 11) is 1.98. The Morgan fingerprint density at radius 3 is 2.62 bits per heavy atom. The summed E-state index contributed by atoms with van der Waals surface area (Å²) in [4.78, 5) is 0. The molecule has 1 N–H and O–H groups in total. The molecular weight excluding hydrogens is 260 g/mol. The van der Waals surface area contributed by atoms with E-state index in [9.17, 15) is 0 Å². The van der Waals surface area contributed by atoms with Crippen LogP contribution in [0.3, 0.4) is 0 Å². The van der Waals surface area contributed by atoms with E-state index in [4.69, 9.17) is 0 Å². The lowest BCUT2D eigenvalue weighted by molar-refractivity contribution is 0.330. The molecule has 0 atom stereocenters. The summed E-state index contributed by atoms with van der Waals surface area (Å²) < 4.78 is 1.97. The van der Waals surface area contributed by atoms with Crippen molar-refractivity contribution in [3.05, 3.63) is 30.6 Å². The predicted molar refractivity (Wildman–Crippen MR) is 86.1 cm³/mol. The number of aryl methyl sites for hydroxylation is 1. The standard InChI is InChI=1S/C17H24N4/c1-3-13-8-10-14(11-9-13)19-16-7-5-4-6-15(16)17-20-18-12-21(17)2/h4-7,12-14,19H,3,8-11H2,1-2H3. The first kappa shape index (κ1) is 14.1. The highest BCUT2D eigenvalue weighted by molar-refractivity contribution is 5.73. The fourth-order valence-corrected chi connectivity index (χ4v) is 3.27. The molecular formula is C17H24N4. The molecule has 0 unspecified atom stereocenters. The van der Waals surface area contributed by atoms with E-state index in [1.54, 1.807) is 6.33 Å². The van der Waals surface area contributed by atoms with Crippen LogP contribution in [0.2, 0.25) is 0 Å². The number of para-hydroxylation sites is 1. The third-order valence-corrected chi connectivity index (χ3v) is 4.66. The van der Waals surface area contributed by atoms with Crippen LogP contribution in [0, 0.1) is 5.92 Å². The van der Waals surface area contributed by atoms with Gasteiger partial charge in [-0.15, -0.1) is 10.2 Å². The van der Waals surface area contributed by atoms with Crippen LogP contribution in [-0.2, 0) is 7.05 Å². The Bertz CT molecular complexity index is 582. The maximum atomic E-state index is 4.24. The molecule has 0 spiro atoms. The van der Waals surface area contributed by atoms with Gasteiger partial charge in [0.25, 0.3) is 0 Å². The van der Waals surface area contributed by atoms with Gasteiger partial charge in [0.05, 0.1) is 0 Å². The molecule has 0 bridgehead atoms. The molecule has 1 fully saturated rings. The summed E-state index contributed by atoms with van der Waals surface area (Å²) in [6.45, 7) is 2.31. The number of rotatable bonds is 4. The lowest BCUT2D eigenvalue weighted by Gasteiger charge is -2.29. The van der Waals surface area contributed by atoms with Crippen molar-refractivity contribution in [2.24, 2.45) is 13.0 Å². The summed E-state index contributed by atoms with van der Waals surface area (Å²) >= 11 is 0. The summed E-state index contributed by atoms with van der Waals surface area (Å²) in [6.07, 6.45) is 8.30. The number of nitrogens with one attached hydrogen (secondary N) is 1. The van der Waals surface area contributed by atoms with Crippen LogP contribution in [-0.4, -0.2) is 20.8 Å². The Morgan fingerprint density at radius 1 is 1.19 bits per heavy atom. The molecule has 2 aromatic rings. The number of benzene rings is 1. The molecule has 1 aliphatic rings. The Labute approximate surface area is 126 Å². The van der Waals surface area contributed by atoms with Gasteiger partial charge >= 0.3 is 0 Å². The van der Waals surface area contributed by atoms with Crippen molar-refractivity contribution >= 4 is 5.69 Å². The molecule has 112 valence electrons. The van der Waals surface area contributed by atoms with E-state index in [0.29, 0.717) is 6.04 Å². The number of aromatic nitrogens is 3. The van der Waals surface area contributed by atoms with Gasteiger partial charge < -0.3 is 9.88 Å². The highest BCUT2D eigenvalue weighted by Gasteiger charge is 2.21. The van der Waals surface area contributed by atoms with E-state index in [-0.39, 0.29) is 0 Å². The van der Waals surface area contributed by atoms with Gasteiger partial charge in [0.15, 0.2) is 5.82 Å². The minimum absolute atomic E-state index is 0.585. The Kier molecular flexibility index (Phi) is 4.23. The molecule has 0 radical (unpaired) electrons. The van der Waals surface area contributed by atoms with E-state index in [2.05, 4.69) is 46.7 Å². The van der Waals surface area contributed by atoms with Crippen molar-refractivity contribution < 1.29 is 0 Å². The average Bonchev–Trinajstić information content (AvgIpc) is 2.95. The monoisotopic (exact) mass is 284 g/mol. The third kappa shape index (κ3) is 3.09. The van der Waals surface area contributed by atoms with Gasteiger partial charge in [-0.3, -0.25) is 0 Å². The molecule has 21 heavy (non-hydrogen) atoms. The second kappa shape index (κ2) is 6.29. The molecule has 0 aliphatic heterocycles. The van der Waals surface area contributed by atoms with E-state index < -0.39 is 0 Å². The van der Waals surface area contributed by atoms with Crippen molar-refractivity contribution in [3.63, 3.8) is 0 Å². The summed E-state index contributed by atoms with van der Waals surface area (Å²) in [6, 6.07) is 8.99. The van der Waals surface area contributed by atoms with Gasteiger partial charge in [-0.05, 0) is 43.7 Å². The van der Waals surface area contributed by atoms with E-state index in [1.807, 2.05) is 11.6 Å². The molecule has 1 saturated carbocycles. The number of hydrogen-bond donors (Lipinski definition) is 1. The molecule has 4 nitrogen and oxygen atoms in total. The minimum atomic E-state index is 0.585. The zero-order valence-electron chi connectivity index (χ0n) is 12.9. The molecule has 1 aromatic heterocycles. The maximum absolute atomic E-state index is 4.24. The molecule has 1 aromatic carbocycles. The van der Waals surface area contributed by atoms with Crippen LogP contribution in [0.1, 0.15) is 39.0 Å². The summed E-state index contributed by atoms with van der Waals surface area (Å²) in [5.74, 6) is 1.84. The van der Waals surface area contributed by atoms with Gasteiger partial charge in [0, 0.05) is 24.3 Å². The second-order valence-corrected chi connectivity index (χ2v) is 6.08. The van der Waals surface area contributed by atoms with Crippen molar-refractivity contribution in [2.45, 2.75) is 45.1 Å². The Balaban J connectivity index is 1.76. The first-order chi connectivity index (χ1) is 10.3. The molecule has 4 heteroatoms. The minimum Gasteiger partial charge on any atom is -0.382 e. The summed E-state index contributed by atoms with van der Waals surface area (Å²) in [5.41, 5.74) is 2.31. The SMILES string of the molecule is CCC1CCC(Nc2ccccc2-c2nncn2C)CC1. The average molecular weight is 284 g/mol. The number of anilines is 1. The van der Waals surface area contributed by atoms with Gasteiger partial charge in [0.2, 0.25) is 0 Å². The second-order valence-electron chi connectivity index (χ2n) is 6.08. The van der Waals surface area contributed by atoms with Crippen LogP contribution >= 0.6 is 0 Å². The number of nitrogens with zero attached hydrogens (tertiary/aromatic N) is 3. The smallest absolute Gasteiger partial charge is 0.165 e. The fraction of sp³-hybridized carbons (Fsp3) is 0.529. The fourth-order valence-electron chi connectivity index (χ4n) is 3.27. The van der Waals surface area contributed by atoms with Gasteiger partial charge in [-0.1, -0.05) is 25.5 Å². The zero-order chi connectivity index (χ0) is 14.7. The maximum Gasteiger partial charge on any atom is 0.165 e. The quantitative estimate of drug-likeness (QED) is 0.927. The zero-order valence-corrected chi connectivity index (χ0v) is 12.9. The van der Waals surface area contributed by atoms with E-state index >= 15 is 0 Å². The van der Waals surface area contributed by atoms with Crippen LogP contribution < -0.4 is 5.32 Å². The molecule has 1 heterocycles. The molecule has 0 saturated heterocycles. The lowest BCUT2D eigenvalue weighted by Crippen LogP contribution is -2.26. The highest BCUT2D eigenvalue weighted by Crippen LogP contribution is 2.31. The Morgan fingerprint density at radius 2 is 1.95 bits per heavy atom. The molecule has 1 aliphatic carbocycles. The molecule has 0 amide bonds.